The molecule has 0 N–H and O–H groups in total. The molecule has 3 aromatic rings. The summed E-state index contributed by atoms with van der Waals surface area (Å²) >= 11 is 0. The maximum Gasteiger partial charge on any atom is 0.344 e. The molecule has 1 aliphatic carbocycles. The van der Waals surface area contributed by atoms with Crippen LogP contribution in [0.3, 0.4) is 0 Å². The molecule has 4 rings (SSSR count). The van der Waals surface area contributed by atoms with Crippen molar-refractivity contribution in [1.82, 2.24) is 0 Å². The fourth-order valence-electron chi connectivity index (χ4n) is 3.70. The van der Waals surface area contributed by atoms with Crippen LogP contribution in [0, 0.1) is 0 Å². The number of fused-ring (bicyclic) bond motifs is 1. The number of carbonyl (C=O) groups excluding carboxylic acids is 1. The standard InChI is InChI=1S/C23H22O5/c1-26-21-12-11-16(22(24)27-17-8-3-2-4-9-17)14-18(21)19-13-15-7-5-6-10-20(15)28-23(19)25/h5-7,10-14,17H,2-4,8-9H2,1H3. The number of para-hydroxylation sites is 1. The number of hydrogen-bond donors (Lipinski definition) is 0. The van der Waals surface area contributed by atoms with E-state index in [0.717, 1.165) is 31.1 Å². The van der Waals surface area contributed by atoms with Gasteiger partial charge in [-0.1, -0.05) is 24.6 Å². The van der Waals surface area contributed by atoms with Gasteiger partial charge in [0.25, 0.3) is 0 Å². The maximum atomic E-state index is 12.6. The van der Waals surface area contributed by atoms with Crippen molar-refractivity contribution in [1.29, 1.82) is 0 Å². The number of hydrogen-bond acceptors (Lipinski definition) is 5. The van der Waals surface area contributed by atoms with E-state index in [9.17, 15) is 9.59 Å². The highest BCUT2D eigenvalue weighted by Gasteiger charge is 2.21. The zero-order chi connectivity index (χ0) is 19.5. The summed E-state index contributed by atoms with van der Waals surface area (Å²) in [7, 11) is 1.53. The lowest BCUT2D eigenvalue weighted by molar-refractivity contribution is 0.0211. The highest BCUT2D eigenvalue weighted by molar-refractivity contribution is 5.92. The first kappa shape index (κ1) is 18.3. The number of methoxy groups -OCH3 is 1. The first-order valence-electron chi connectivity index (χ1n) is 9.58. The van der Waals surface area contributed by atoms with E-state index in [0.29, 0.717) is 28.0 Å². The zero-order valence-electron chi connectivity index (χ0n) is 15.8. The Balaban J connectivity index is 1.72. The van der Waals surface area contributed by atoms with Crippen LogP contribution in [0.25, 0.3) is 22.1 Å². The normalized spacial score (nSPS) is 14.8. The largest absolute Gasteiger partial charge is 0.496 e. The van der Waals surface area contributed by atoms with E-state index in [1.807, 2.05) is 18.2 Å². The van der Waals surface area contributed by atoms with Gasteiger partial charge in [-0.15, -0.1) is 0 Å². The second-order valence-corrected chi connectivity index (χ2v) is 7.07. The molecule has 0 amide bonds. The number of carbonyl (C=O) groups is 1. The maximum absolute atomic E-state index is 12.6. The van der Waals surface area contributed by atoms with Gasteiger partial charge in [0.1, 0.15) is 17.4 Å². The predicted octanol–water partition coefficient (Wildman–Crippen LogP) is 4.96. The lowest BCUT2D eigenvalue weighted by atomic mass is 9.97. The lowest BCUT2D eigenvalue weighted by Crippen LogP contribution is -2.21. The van der Waals surface area contributed by atoms with Crippen LogP contribution in [0.1, 0.15) is 42.5 Å². The van der Waals surface area contributed by atoms with Crippen molar-refractivity contribution in [3.05, 3.63) is 64.5 Å². The average Bonchev–Trinajstić information content (AvgIpc) is 2.73. The molecule has 0 atom stereocenters. The molecule has 1 heterocycles. The molecule has 5 heteroatoms. The third kappa shape index (κ3) is 3.65. The molecule has 0 spiro atoms. The summed E-state index contributed by atoms with van der Waals surface area (Å²) in [5.74, 6) is 0.123. The molecular formula is C23H22O5. The van der Waals surface area contributed by atoms with Gasteiger partial charge in [-0.25, -0.2) is 9.59 Å². The predicted molar refractivity (Wildman–Crippen MR) is 107 cm³/mol. The van der Waals surface area contributed by atoms with Gasteiger partial charge in [-0.2, -0.15) is 0 Å². The van der Waals surface area contributed by atoms with Crippen LogP contribution in [-0.4, -0.2) is 19.2 Å². The second-order valence-electron chi connectivity index (χ2n) is 7.07. The van der Waals surface area contributed by atoms with Gasteiger partial charge in [0.15, 0.2) is 0 Å². The summed E-state index contributed by atoms with van der Waals surface area (Å²) < 4.78 is 16.5. The monoisotopic (exact) mass is 378 g/mol. The molecule has 144 valence electrons. The molecule has 5 nitrogen and oxygen atoms in total. The van der Waals surface area contributed by atoms with Gasteiger partial charge < -0.3 is 13.9 Å². The molecule has 0 bridgehead atoms. The van der Waals surface area contributed by atoms with E-state index < -0.39 is 5.63 Å². The van der Waals surface area contributed by atoms with E-state index in [1.165, 1.54) is 13.5 Å². The van der Waals surface area contributed by atoms with Gasteiger partial charge in [0.05, 0.1) is 18.2 Å². The Morgan fingerprint density at radius 2 is 1.79 bits per heavy atom. The van der Waals surface area contributed by atoms with Crippen molar-refractivity contribution in [2.45, 2.75) is 38.2 Å². The van der Waals surface area contributed by atoms with Crippen LogP contribution in [0.5, 0.6) is 5.75 Å². The molecule has 2 aromatic carbocycles. The molecule has 1 aromatic heterocycles. The molecule has 1 fully saturated rings. The Bertz CT molecular complexity index is 1060. The van der Waals surface area contributed by atoms with Crippen molar-refractivity contribution in [2.24, 2.45) is 0 Å². The molecule has 1 saturated carbocycles. The first-order chi connectivity index (χ1) is 13.7. The van der Waals surface area contributed by atoms with E-state index in [-0.39, 0.29) is 12.1 Å². The number of rotatable bonds is 4. The molecule has 0 saturated heterocycles. The third-order valence-corrected chi connectivity index (χ3v) is 5.19. The van der Waals surface area contributed by atoms with Crippen LogP contribution in [-0.2, 0) is 4.74 Å². The smallest absolute Gasteiger partial charge is 0.344 e. The Kier molecular flexibility index (Phi) is 5.15. The summed E-state index contributed by atoms with van der Waals surface area (Å²) in [4.78, 5) is 25.2. The first-order valence-corrected chi connectivity index (χ1v) is 9.58. The fraction of sp³-hybridized carbons (Fsp3) is 0.304. The molecule has 0 radical (unpaired) electrons. The summed E-state index contributed by atoms with van der Waals surface area (Å²) in [5.41, 5.74) is 1.30. The van der Waals surface area contributed by atoms with Crippen molar-refractivity contribution in [3.8, 4) is 16.9 Å². The SMILES string of the molecule is COc1ccc(C(=O)OC2CCCCC2)cc1-c1cc2ccccc2oc1=O. The number of esters is 1. The van der Waals surface area contributed by atoms with E-state index in [4.69, 9.17) is 13.9 Å². The topological polar surface area (TPSA) is 65.7 Å². The minimum Gasteiger partial charge on any atom is -0.496 e. The van der Waals surface area contributed by atoms with E-state index in [1.54, 1.807) is 30.3 Å². The van der Waals surface area contributed by atoms with Crippen LogP contribution in [0.15, 0.2) is 57.7 Å². The molecule has 0 unspecified atom stereocenters. The van der Waals surface area contributed by atoms with Gasteiger partial charge in [0, 0.05) is 10.9 Å². The summed E-state index contributed by atoms with van der Waals surface area (Å²) in [5, 5.41) is 0.800. The Hall–Kier alpha value is -3.08. The van der Waals surface area contributed by atoms with Crippen LogP contribution < -0.4 is 10.4 Å². The molecule has 28 heavy (non-hydrogen) atoms. The van der Waals surface area contributed by atoms with Gasteiger partial charge in [-0.3, -0.25) is 0 Å². The molecular weight excluding hydrogens is 356 g/mol. The van der Waals surface area contributed by atoms with Gasteiger partial charge >= 0.3 is 11.6 Å². The summed E-state index contributed by atoms with van der Waals surface area (Å²) in [6.07, 6.45) is 5.15. The van der Waals surface area contributed by atoms with E-state index >= 15 is 0 Å². The minimum absolute atomic E-state index is 0.0301. The van der Waals surface area contributed by atoms with Gasteiger partial charge in [0.2, 0.25) is 0 Å². The van der Waals surface area contributed by atoms with Gasteiger partial charge in [-0.05, 0) is 56.0 Å². The Morgan fingerprint density at radius 1 is 1.00 bits per heavy atom. The van der Waals surface area contributed by atoms with Crippen LogP contribution in [0.4, 0.5) is 0 Å². The number of ether oxygens (including phenoxy) is 2. The van der Waals surface area contributed by atoms with Crippen molar-refractivity contribution < 1.29 is 18.7 Å². The van der Waals surface area contributed by atoms with Crippen LogP contribution in [0.2, 0.25) is 0 Å². The molecule has 0 aliphatic heterocycles. The lowest BCUT2D eigenvalue weighted by Gasteiger charge is -2.22. The minimum atomic E-state index is -0.477. The van der Waals surface area contributed by atoms with Crippen molar-refractivity contribution in [2.75, 3.05) is 7.11 Å². The quantitative estimate of drug-likeness (QED) is 0.474. The Morgan fingerprint density at radius 3 is 2.57 bits per heavy atom. The average molecular weight is 378 g/mol. The fourth-order valence-corrected chi connectivity index (χ4v) is 3.70. The zero-order valence-corrected chi connectivity index (χ0v) is 15.8. The highest BCUT2D eigenvalue weighted by Crippen LogP contribution is 2.31. The second kappa shape index (κ2) is 7.89. The van der Waals surface area contributed by atoms with Crippen LogP contribution >= 0.6 is 0 Å². The Labute approximate surface area is 162 Å². The highest BCUT2D eigenvalue weighted by atomic mass is 16.5. The summed E-state index contributed by atoms with van der Waals surface area (Å²) in [6, 6.07) is 14.1. The van der Waals surface area contributed by atoms with Crippen molar-refractivity contribution >= 4 is 16.9 Å². The molecule has 1 aliphatic rings. The van der Waals surface area contributed by atoms with Crippen molar-refractivity contribution in [3.63, 3.8) is 0 Å². The van der Waals surface area contributed by atoms with E-state index in [2.05, 4.69) is 0 Å². The summed E-state index contributed by atoms with van der Waals surface area (Å²) in [6.45, 7) is 0. The number of benzene rings is 2. The third-order valence-electron chi connectivity index (χ3n) is 5.19.